The van der Waals surface area contributed by atoms with E-state index in [1.165, 1.54) is 37.3 Å². The van der Waals surface area contributed by atoms with Gasteiger partial charge >= 0.3 is 0 Å². The molecule has 0 unspecified atom stereocenters. The second kappa shape index (κ2) is 5.33. The van der Waals surface area contributed by atoms with Gasteiger partial charge in [0.1, 0.15) is 5.76 Å². The van der Waals surface area contributed by atoms with Crippen molar-refractivity contribution in [2.45, 2.75) is 18.7 Å². The van der Waals surface area contributed by atoms with Crippen molar-refractivity contribution in [3.8, 4) is 0 Å². The zero-order valence-corrected chi connectivity index (χ0v) is 11.6. The summed E-state index contributed by atoms with van der Waals surface area (Å²) in [6, 6.07) is 6.36. The van der Waals surface area contributed by atoms with Crippen molar-refractivity contribution in [3.63, 3.8) is 0 Å². The molecule has 1 heterocycles. The highest BCUT2D eigenvalue weighted by molar-refractivity contribution is 7.92. The quantitative estimate of drug-likeness (QED) is 0.895. The molecule has 0 radical (unpaired) electrons. The minimum Gasteiger partial charge on any atom is -0.360 e. The van der Waals surface area contributed by atoms with E-state index in [9.17, 15) is 13.2 Å². The molecule has 106 valence electrons. The molecule has 1 amide bonds. The molecular formula is C12H13N3O4S. The zero-order chi connectivity index (χ0) is 16.5. The molecule has 20 heavy (non-hydrogen) atoms. The van der Waals surface area contributed by atoms with E-state index in [1.54, 1.807) is 6.92 Å². The van der Waals surface area contributed by atoms with E-state index in [2.05, 4.69) is 5.16 Å². The van der Waals surface area contributed by atoms with Gasteiger partial charge in [0.2, 0.25) is 5.91 Å². The van der Waals surface area contributed by atoms with Gasteiger partial charge in [-0.3, -0.25) is 9.51 Å². The Balaban J connectivity index is 2.32. The van der Waals surface area contributed by atoms with Gasteiger partial charge in [0.05, 0.1) is 4.90 Å². The fraction of sp³-hybridized carbons (Fsp3) is 0.167. The Hall–Kier alpha value is -2.35. The van der Waals surface area contributed by atoms with Crippen LogP contribution in [0.3, 0.4) is 0 Å². The fourth-order valence-corrected chi connectivity index (χ4v) is 2.36. The number of amides is 1. The summed E-state index contributed by atoms with van der Waals surface area (Å²) in [5.41, 5.74) is 0.222. The molecule has 0 aliphatic heterocycles. The SMILES string of the molecule is [2H]N(C(C)=O)c1ccc(S(=O)(=O)N([2H])c2cc(C)on2)cc1. The first-order valence-corrected chi connectivity index (χ1v) is 7.04. The molecule has 1 aromatic carbocycles. The fourth-order valence-electron chi connectivity index (χ4n) is 1.45. The Kier molecular flexibility index (Phi) is 3.06. The van der Waals surface area contributed by atoms with E-state index >= 15 is 0 Å². The number of hydrogen-bond donors (Lipinski definition) is 2. The lowest BCUT2D eigenvalue weighted by atomic mass is 10.3. The Morgan fingerprint density at radius 3 is 2.50 bits per heavy atom. The topological polar surface area (TPSA) is 101 Å². The van der Waals surface area contributed by atoms with Gasteiger partial charge in [-0.25, -0.2) is 8.42 Å². The Morgan fingerprint density at radius 2 is 2.00 bits per heavy atom. The molecule has 0 fully saturated rings. The molecule has 0 bridgehead atoms. The van der Waals surface area contributed by atoms with Gasteiger partial charge in [0.15, 0.2) is 8.64 Å². The average Bonchev–Trinajstić information content (AvgIpc) is 2.92. The van der Waals surface area contributed by atoms with Crippen LogP contribution in [0.25, 0.3) is 0 Å². The van der Waals surface area contributed by atoms with Crippen LogP contribution in [0, 0.1) is 6.92 Å². The number of benzene rings is 1. The third kappa shape index (κ3) is 3.35. The number of rotatable bonds is 4. The first-order valence-electron chi connectivity index (χ1n) is 6.50. The van der Waals surface area contributed by atoms with Crippen molar-refractivity contribution in [2.75, 3.05) is 10.0 Å². The van der Waals surface area contributed by atoms with Gasteiger partial charge in [-0.2, -0.15) is 0 Å². The van der Waals surface area contributed by atoms with Crippen LogP contribution in [0.15, 0.2) is 39.8 Å². The lowest BCUT2D eigenvalue weighted by Gasteiger charge is -2.06. The van der Waals surface area contributed by atoms with E-state index < -0.39 is 15.9 Å². The van der Waals surface area contributed by atoms with Crippen LogP contribution < -0.4 is 10.0 Å². The molecule has 0 saturated heterocycles. The summed E-state index contributed by atoms with van der Waals surface area (Å²) in [6.07, 6.45) is 0. The molecule has 2 N–H and O–H groups in total. The van der Waals surface area contributed by atoms with Crippen molar-refractivity contribution in [1.82, 2.24) is 5.16 Å². The number of carbonyl (C=O) groups excluding carboxylic acids is 1. The number of sulfonamides is 1. The number of aromatic nitrogens is 1. The second-order valence-electron chi connectivity index (χ2n) is 3.99. The Bertz CT molecular complexity index is 789. The predicted octanol–water partition coefficient (Wildman–Crippen LogP) is 1.74. The van der Waals surface area contributed by atoms with Crippen LogP contribution in [-0.4, -0.2) is 19.5 Å². The van der Waals surface area contributed by atoms with Crippen LogP contribution in [0.1, 0.15) is 12.7 Å². The van der Waals surface area contributed by atoms with Crippen molar-refractivity contribution < 1.29 is 20.6 Å². The maximum absolute atomic E-state index is 12.3. The lowest BCUT2D eigenvalue weighted by Crippen LogP contribution is -2.13. The van der Waals surface area contributed by atoms with Crippen LogP contribution in [0.2, 0.25) is 2.82 Å². The molecule has 0 aliphatic carbocycles. The smallest absolute Gasteiger partial charge is 0.263 e. The van der Waals surface area contributed by atoms with Crippen molar-refractivity contribution >= 4 is 27.4 Å². The third-order valence-corrected chi connectivity index (χ3v) is 3.55. The number of nitrogens with zero attached hydrogens (tertiary/aromatic N) is 1. The highest BCUT2D eigenvalue weighted by Crippen LogP contribution is 2.18. The number of hydrogen-bond acceptors (Lipinski definition) is 5. The molecule has 8 heteroatoms. The monoisotopic (exact) mass is 297 g/mol. The van der Waals surface area contributed by atoms with Gasteiger partial charge in [-0.1, -0.05) is 5.16 Å². The highest BCUT2D eigenvalue weighted by atomic mass is 32.2. The van der Waals surface area contributed by atoms with Crippen molar-refractivity contribution in [3.05, 3.63) is 36.1 Å². The van der Waals surface area contributed by atoms with Crippen LogP contribution in [0.4, 0.5) is 11.5 Å². The molecule has 0 aliphatic rings. The summed E-state index contributed by atoms with van der Waals surface area (Å²) in [5, 5.41) is 4.11. The summed E-state index contributed by atoms with van der Waals surface area (Å²) in [5.74, 6) is -0.285. The first-order chi connectivity index (χ1) is 10.2. The summed E-state index contributed by atoms with van der Waals surface area (Å²) < 4.78 is 44.7. The van der Waals surface area contributed by atoms with E-state index in [-0.39, 0.29) is 21.1 Å². The van der Waals surface area contributed by atoms with E-state index in [4.69, 9.17) is 7.35 Å². The largest absolute Gasteiger partial charge is 0.360 e. The Morgan fingerprint density at radius 1 is 1.35 bits per heavy atom. The maximum atomic E-state index is 12.3. The average molecular weight is 297 g/mol. The zero-order valence-electron chi connectivity index (χ0n) is 12.8. The lowest BCUT2D eigenvalue weighted by molar-refractivity contribution is -0.114. The van der Waals surface area contributed by atoms with Gasteiger partial charge in [-0.15, -0.1) is 0 Å². The standard InChI is InChI=1S/C12H13N3O4S/c1-8-7-12(14-19-8)15-20(17,18)11-5-3-10(4-6-11)13-9(2)16/h3-7H,1-2H3,(H,13,16)(H,14,15)/i/hD2. The van der Waals surface area contributed by atoms with Crippen LogP contribution in [-0.2, 0) is 14.8 Å². The molecule has 0 saturated carbocycles. The molecule has 2 rings (SSSR count). The Labute approximate surface area is 118 Å². The molecular weight excluding hydrogens is 282 g/mol. The van der Waals surface area contributed by atoms with Gasteiger partial charge in [0.25, 0.3) is 10.0 Å². The summed E-state index contributed by atoms with van der Waals surface area (Å²) in [6.45, 7) is 2.80. The minimum absolute atomic E-state index is 0.160. The van der Waals surface area contributed by atoms with E-state index in [0.29, 0.717) is 11.1 Å². The normalized spacial score (nSPS) is 12.5. The first kappa shape index (κ1) is 11.5. The minimum atomic E-state index is -4.13. The number of nitrogens with one attached hydrogen (secondary N) is 2. The summed E-state index contributed by atoms with van der Waals surface area (Å²) >= 11 is 0. The summed E-state index contributed by atoms with van der Waals surface area (Å²) in [4.78, 5) is 10.9. The van der Waals surface area contributed by atoms with Crippen molar-refractivity contribution in [2.24, 2.45) is 0 Å². The second-order valence-corrected chi connectivity index (χ2v) is 5.59. The highest BCUT2D eigenvalue weighted by Gasteiger charge is 2.16. The molecule has 2 aromatic rings. The van der Waals surface area contributed by atoms with Crippen molar-refractivity contribution in [1.29, 1.82) is 0 Å². The molecule has 0 atom stereocenters. The maximum Gasteiger partial charge on any atom is 0.263 e. The van der Waals surface area contributed by atoms with Gasteiger partial charge in [0, 0.05) is 18.7 Å². The van der Waals surface area contributed by atoms with Crippen LogP contribution in [0.5, 0.6) is 0 Å². The molecule has 1 aromatic heterocycles. The van der Waals surface area contributed by atoms with Crippen LogP contribution >= 0.6 is 0 Å². The molecule has 0 spiro atoms. The third-order valence-electron chi connectivity index (χ3n) is 2.25. The predicted molar refractivity (Wildman–Crippen MR) is 72.8 cm³/mol. The van der Waals surface area contributed by atoms with Gasteiger partial charge < -0.3 is 9.83 Å². The number of carbonyl (C=O) groups is 1. The van der Waals surface area contributed by atoms with Gasteiger partial charge in [-0.05, 0) is 31.2 Å². The van der Waals surface area contributed by atoms with E-state index in [0.717, 1.165) is 0 Å². The number of anilines is 2. The molecule has 7 nitrogen and oxygen atoms in total. The summed E-state index contributed by atoms with van der Waals surface area (Å²) in [7, 11) is -4.13. The van der Waals surface area contributed by atoms with E-state index in [1.807, 2.05) is 0 Å². The number of aryl methyl sites for hydroxylation is 1.